The lowest BCUT2D eigenvalue weighted by Gasteiger charge is -2.14. The summed E-state index contributed by atoms with van der Waals surface area (Å²) in [6.45, 7) is 9.61. The third-order valence-electron chi connectivity index (χ3n) is 2.24. The molecule has 0 unspecified atom stereocenters. The summed E-state index contributed by atoms with van der Waals surface area (Å²) in [4.78, 5) is 0. The van der Waals surface area contributed by atoms with Gasteiger partial charge in [-0.05, 0) is 39.7 Å². The quantitative estimate of drug-likeness (QED) is 0.597. The van der Waals surface area contributed by atoms with Crippen LogP contribution in [0, 0.1) is 16.7 Å². The van der Waals surface area contributed by atoms with Crippen LogP contribution in [0.25, 0.3) is 0 Å². The molecule has 0 aliphatic heterocycles. The highest BCUT2D eigenvalue weighted by Crippen LogP contribution is 2.20. The van der Waals surface area contributed by atoms with E-state index in [1.807, 2.05) is 13.8 Å². The van der Waals surface area contributed by atoms with Crippen LogP contribution >= 0.6 is 0 Å². The second-order valence-corrected chi connectivity index (χ2v) is 4.46. The fourth-order valence-corrected chi connectivity index (χ4v) is 1.22. The molecule has 0 atom stereocenters. The molecule has 0 heterocycles. The van der Waals surface area contributed by atoms with Crippen molar-refractivity contribution in [2.45, 2.75) is 40.0 Å². The molecule has 0 spiro atoms. The van der Waals surface area contributed by atoms with E-state index in [0.717, 1.165) is 45.6 Å². The molecule has 0 saturated carbocycles. The van der Waals surface area contributed by atoms with Crippen LogP contribution < -0.4 is 5.32 Å². The van der Waals surface area contributed by atoms with Crippen molar-refractivity contribution in [3.63, 3.8) is 0 Å². The third-order valence-corrected chi connectivity index (χ3v) is 2.24. The molecule has 3 heteroatoms. The molecule has 0 aromatic rings. The maximum atomic E-state index is 8.79. The second kappa shape index (κ2) is 8.70. The van der Waals surface area contributed by atoms with Crippen molar-refractivity contribution in [1.29, 1.82) is 5.26 Å². The Morgan fingerprint density at radius 3 is 2.60 bits per heavy atom. The SMILES string of the molecule is CCCNCCOCCCC(C)(C)C#N. The summed E-state index contributed by atoms with van der Waals surface area (Å²) >= 11 is 0. The summed E-state index contributed by atoms with van der Waals surface area (Å²) in [5.41, 5.74) is -0.205. The van der Waals surface area contributed by atoms with Gasteiger partial charge in [-0.2, -0.15) is 5.26 Å². The second-order valence-electron chi connectivity index (χ2n) is 4.46. The Hall–Kier alpha value is -0.590. The zero-order chi connectivity index (χ0) is 11.6. The topological polar surface area (TPSA) is 45.0 Å². The van der Waals surface area contributed by atoms with Crippen molar-refractivity contribution in [2.75, 3.05) is 26.3 Å². The summed E-state index contributed by atoms with van der Waals surface area (Å²) in [7, 11) is 0. The largest absolute Gasteiger partial charge is 0.380 e. The van der Waals surface area contributed by atoms with Crippen molar-refractivity contribution in [3.05, 3.63) is 0 Å². The Labute approximate surface area is 93.8 Å². The molecular weight excluding hydrogens is 188 g/mol. The zero-order valence-corrected chi connectivity index (χ0v) is 10.3. The van der Waals surface area contributed by atoms with Gasteiger partial charge in [-0.3, -0.25) is 0 Å². The first-order valence-corrected chi connectivity index (χ1v) is 5.82. The van der Waals surface area contributed by atoms with Gasteiger partial charge in [-0.25, -0.2) is 0 Å². The predicted octanol–water partition coefficient (Wildman–Crippen LogP) is 2.33. The lowest BCUT2D eigenvalue weighted by atomic mass is 9.90. The molecule has 0 aromatic carbocycles. The zero-order valence-electron chi connectivity index (χ0n) is 10.3. The van der Waals surface area contributed by atoms with Crippen LogP contribution in [0.15, 0.2) is 0 Å². The maximum absolute atomic E-state index is 8.79. The number of hydrogen-bond acceptors (Lipinski definition) is 3. The van der Waals surface area contributed by atoms with Crippen molar-refractivity contribution in [2.24, 2.45) is 5.41 Å². The number of hydrogen-bond donors (Lipinski definition) is 1. The van der Waals surface area contributed by atoms with Crippen LogP contribution in [-0.4, -0.2) is 26.3 Å². The Morgan fingerprint density at radius 1 is 1.27 bits per heavy atom. The first kappa shape index (κ1) is 14.4. The normalized spacial score (nSPS) is 11.3. The molecule has 1 N–H and O–H groups in total. The molecule has 15 heavy (non-hydrogen) atoms. The number of nitrogens with one attached hydrogen (secondary N) is 1. The molecule has 0 fully saturated rings. The number of nitriles is 1. The van der Waals surface area contributed by atoms with Gasteiger partial charge in [-0.15, -0.1) is 0 Å². The van der Waals surface area contributed by atoms with Gasteiger partial charge in [0.2, 0.25) is 0 Å². The summed E-state index contributed by atoms with van der Waals surface area (Å²) < 4.78 is 5.45. The fraction of sp³-hybridized carbons (Fsp3) is 0.917. The Balaban J connectivity index is 3.16. The van der Waals surface area contributed by atoms with Crippen molar-refractivity contribution < 1.29 is 4.74 Å². The standard InChI is InChI=1S/C12H24N2O/c1-4-7-14-8-10-15-9-5-6-12(2,3)11-13/h14H,4-10H2,1-3H3. The Bertz CT molecular complexity index is 185. The van der Waals surface area contributed by atoms with Crippen LogP contribution in [0.4, 0.5) is 0 Å². The van der Waals surface area contributed by atoms with Gasteiger partial charge in [0.15, 0.2) is 0 Å². The minimum atomic E-state index is -0.205. The van der Waals surface area contributed by atoms with Crippen LogP contribution in [0.5, 0.6) is 0 Å². The third kappa shape index (κ3) is 9.71. The van der Waals surface area contributed by atoms with Gasteiger partial charge >= 0.3 is 0 Å². The van der Waals surface area contributed by atoms with E-state index in [9.17, 15) is 0 Å². The van der Waals surface area contributed by atoms with E-state index in [1.165, 1.54) is 0 Å². The molecule has 0 aliphatic carbocycles. The molecule has 0 aliphatic rings. The molecule has 0 rings (SSSR count). The van der Waals surface area contributed by atoms with Gasteiger partial charge in [0.25, 0.3) is 0 Å². The first-order valence-electron chi connectivity index (χ1n) is 5.82. The minimum absolute atomic E-state index is 0.205. The van der Waals surface area contributed by atoms with Gasteiger partial charge in [0, 0.05) is 13.2 Å². The van der Waals surface area contributed by atoms with E-state index < -0.39 is 0 Å². The van der Waals surface area contributed by atoms with Crippen LogP contribution in [-0.2, 0) is 4.74 Å². The summed E-state index contributed by atoms with van der Waals surface area (Å²) in [6.07, 6.45) is 3.04. The van der Waals surface area contributed by atoms with Crippen LogP contribution in [0.3, 0.4) is 0 Å². The molecule has 0 radical (unpaired) electrons. The van der Waals surface area contributed by atoms with Gasteiger partial charge in [-0.1, -0.05) is 6.92 Å². The van der Waals surface area contributed by atoms with Crippen molar-refractivity contribution in [1.82, 2.24) is 5.32 Å². The number of rotatable bonds is 9. The van der Waals surface area contributed by atoms with Gasteiger partial charge < -0.3 is 10.1 Å². The minimum Gasteiger partial charge on any atom is -0.380 e. The average Bonchev–Trinajstić information content (AvgIpc) is 2.22. The first-order chi connectivity index (χ1) is 7.12. The van der Waals surface area contributed by atoms with Crippen LogP contribution in [0.1, 0.15) is 40.0 Å². The Morgan fingerprint density at radius 2 is 2.00 bits per heavy atom. The summed E-state index contributed by atoms with van der Waals surface area (Å²) in [6, 6.07) is 2.29. The summed E-state index contributed by atoms with van der Waals surface area (Å²) in [5, 5.41) is 12.1. The summed E-state index contributed by atoms with van der Waals surface area (Å²) in [5.74, 6) is 0. The Kier molecular flexibility index (Phi) is 8.35. The highest BCUT2D eigenvalue weighted by atomic mass is 16.5. The molecular formula is C12H24N2O. The van der Waals surface area contributed by atoms with Gasteiger partial charge in [0.05, 0.1) is 18.1 Å². The number of nitrogens with zero attached hydrogens (tertiary/aromatic N) is 1. The molecule has 88 valence electrons. The monoisotopic (exact) mass is 212 g/mol. The number of ether oxygens (including phenoxy) is 1. The average molecular weight is 212 g/mol. The smallest absolute Gasteiger partial charge is 0.0683 e. The highest BCUT2D eigenvalue weighted by molar-refractivity contribution is 4.91. The molecule has 0 aromatic heterocycles. The maximum Gasteiger partial charge on any atom is 0.0683 e. The van der Waals surface area contributed by atoms with E-state index in [-0.39, 0.29) is 5.41 Å². The van der Waals surface area contributed by atoms with E-state index in [2.05, 4.69) is 18.3 Å². The highest BCUT2D eigenvalue weighted by Gasteiger charge is 2.15. The van der Waals surface area contributed by atoms with E-state index >= 15 is 0 Å². The van der Waals surface area contributed by atoms with E-state index in [0.29, 0.717) is 0 Å². The molecule has 0 amide bonds. The van der Waals surface area contributed by atoms with Crippen molar-refractivity contribution in [3.8, 4) is 6.07 Å². The van der Waals surface area contributed by atoms with Gasteiger partial charge in [0.1, 0.15) is 0 Å². The lowest BCUT2D eigenvalue weighted by Crippen LogP contribution is -2.20. The molecule has 0 saturated heterocycles. The van der Waals surface area contributed by atoms with E-state index in [4.69, 9.17) is 10.00 Å². The predicted molar refractivity (Wildman–Crippen MR) is 62.6 cm³/mol. The fourth-order valence-electron chi connectivity index (χ4n) is 1.22. The molecule has 0 bridgehead atoms. The lowest BCUT2D eigenvalue weighted by molar-refractivity contribution is 0.127. The van der Waals surface area contributed by atoms with E-state index in [1.54, 1.807) is 0 Å². The van der Waals surface area contributed by atoms with Crippen molar-refractivity contribution >= 4 is 0 Å². The van der Waals surface area contributed by atoms with Crippen LogP contribution in [0.2, 0.25) is 0 Å². The molecule has 3 nitrogen and oxygen atoms in total.